The number of hydrogen-bond acceptors (Lipinski definition) is 1. The maximum atomic E-state index is 13.4. The summed E-state index contributed by atoms with van der Waals surface area (Å²) in [6.45, 7) is 11.8. The maximum absolute atomic E-state index is 13.4. The van der Waals surface area contributed by atoms with Crippen molar-refractivity contribution >= 4 is 0 Å². The van der Waals surface area contributed by atoms with Crippen LogP contribution in [0.1, 0.15) is 53.9 Å². The Labute approximate surface area is 89.7 Å². The third-order valence-electron chi connectivity index (χ3n) is 2.52. The first kappa shape index (κ1) is 16.3. The molecule has 2 heteroatoms. The van der Waals surface area contributed by atoms with Crippen molar-refractivity contribution in [3.05, 3.63) is 0 Å². The standard InChI is InChI=1S/C8H16FN.2C2H6/c1-3-8(9)4-6-10(2)7-5-8;2*1-2/h3-7H2,1-2H3;2*1-2H3. The molecule has 88 valence electrons. The molecule has 0 radical (unpaired) electrons. The molecule has 14 heavy (non-hydrogen) atoms. The number of halogens is 1. The van der Waals surface area contributed by atoms with Crippen molar-refractivity contribution in [1.29, 1.82) is 0 Å². The molecule has 1 nitrogen and oxygen atoms in total. The predicted octanol–water partition coefficient (Wildman–Crippen LogP) is 3.88. The average molecular weight is 205 g/mol. The lowest BCUT2D eigenvalue weighted by atomic mass is 9.91. The van der Waals surface area contributed by atoms with Gasteiger partial charge in [-0.25, -0.2) is 4.39 Å². The number of alkyl halides is 1. The van der Waals surface area contributed by atoms with Crippen LogP contribution in [0.3, 0.4) is 0 Å². The molecule has 1 saturated heterocycles. The Morgan fingerprint density at radius 2 is 1.43 bits per heavy atom. The molecule has 1 aliphatic rings. The summed E-state index contributed by atoms with van der Waals surface area (Å²) >= 11 is 0. The van der Waals surface area contributed by atoms with Crippen LogP contribution in [0.2, 0.25) is 0 Å². The molecule has 0 saturated carbocycles. The fourth-order valence-electron chi connectivity index (χ4n) is 1.37. The van der Waals surface area contributed by atoms with Crippen LogP contribution in [0.25, 0.3) is 0 Å². The Morgan fingerprint density at radius 1 is 1.07 bits per heavy atom. The van der Waals surface area contributed by atoms with Crippen molar-refractivity contribution < 1.29 is 4.39 Å². The molecule has 0 aliphatic carbocycles. The monoisotopic (exact) mass is 205 g/mol. The molecule has 0 atom stereocenters. The largest absolute Gasteiger partial charge is 0.306 e. The minimum atomic E-state index is -0.841. The second-order valence-corrected chi connectivity index (χ2v) is 3.31. The minimum absolute atomic E-state index is 0.681. The summed E-state index contributed by atoms with van der Waals surface area (Å²) in [6, 6.07) is 0. The Bertz CT molecular complexity index is 107. The zero-order valence-corrected chi connectivity index (χ0v) is 10.9. The second kappa shape index (κ2) is 9.45. The fourth-order valence-corrected chi connectivity index (χ4v) is 1.37. The maximum Gasteiger partial charge on any atom is 0.113 e. The smallest absolute Gasteiger partial charge is 0.113 e. The first-order chi connectivity index (χ1) is 6.66. The summed E-state index contributed by atoms with van der Waals surface area (Å²) in [5.41, 5.74) is -0.841. The minimum Gasteiger partial charge on any atom is -0.306 e. The predicted molar refractivity (Wildman–Crippen MR) is 63.6 cm³/mol. The van der Waals surface area contributed by atoms with E-state index in [0.717, 1.165) is 25.9 Å². The van der Waals surface area contributed by atoms with Gasteiger partial charge in [0.1, 0.15) is 5.67 Å². The van der Waals surface area contributed by atoms with Gasteiger partial charge in [0.05, 0.1) is 0 Å². The van der Waals surface area contributed by atoms with E-state index in [1.54, 1.807) is 0 Å². The van der Waals surface area contributed by atoms with Crippen LogP contribution in [-0.2, 0) is 0 Å². The Balaban J connectivity index is 0. The van der Waals surface area contributed by atoms with Crippen LogP contribution >= 0.6 is 0 Å². The molecule has 0 bridgehead atoms. The lowest BCUT2D eigenvalue weighted by Crippen LogP contribution is -2.39. The van der Waals surface area contributed by atoms with E-state index in [2.05, 4.69) is 11.9 Å². The Kier molecular flexibility index (Phi) is 11.0. The Morgan fingerprint density at radius 3 is 1.71 bits per heavy atom. The molecule has 1 aliphatic heterocycles. The highest BCUT2D eigenvalue weighted by Crippen LogP contribution is 2.28. The molecule has 1 fully saturated rings. The van der Waals surface area contributed by atoms with E-state index in [1.807, 2.05) is 34.6 Å². The summed E-state index contributed by atoms with van der Waals surface area (Å²) in [5, 5.41) is 0. The summed E-state index contributed by atoms with van der Waals surface area (Å²) in [4.78, 5) is 2.19. The number of rotatable bonds is 1. The highest BCUT2D eigenvalue weighted by atomic mass is 19.1. The zero-order chi connectivity index (χ0) is 11.6. The van der Waals surface area contributed by atoms with Crippen LogP contribution in [0.5, 0.6) is 0 Å². The highest BCUT2D eigenvalue weighted by molar-refractivity contribution is 4.83. The van der Waals surface area contributed by atoms with Crippen molar-refractivity contribution in [2.75, 3.05) is 20.1 Å². The van der Waals surface area contributed by atoms with Crippen LogP contribution in [0.15, 0.2) is 0 Å². The van der Waals surface area contributed by atoms with Crippen LogP contribution in [0.4, 0.5) is 4.39 Å². The quantitative estimate of drug-likeness (QED) is 0.628. The third-order valence-corrected chi connectivity index (χ3v) is 2.52. The molecule has 0 unspecified atom stereocenters. The van der Waals surface area contributed by atoms with E-state index >= 15 is 0 Å². The van der Waals surface area contributed by atoms with Crippen molar-refractivity contribution in [2.24, 2.45) is 0 Å². The van der Waals surface area contributed by atoms with Crippen molar-refractivity contribution in [2.45, 2.75) is 59.5 Å². The van der Waals surface area contributed by atoms with Crippen LogP contribution in [-0.4, -0.2) is 30.7 Å². The van der Waals surface area contributed by atoms with Crippen LogP contribution < -0.4 is 0 Å². The lowest BCUT2D eigenvalue weighted by molar-refractivity contribution is 0.0660. The average Bonchev–Trinajstić information content (AvgIpc) is 2.28. The van der Waals surface area contributed by atoms with Gasteiger partial charge in [0.15, 0.2) is 0 Å². The van der Waals surface area contributed by atoms with Gasteiger partial charge in [-0.05, 0) is 26.3 Å². The second-order valence-electron chi connectivity index (χ2n) is 3.31. The third kappa shape index (κ3) is 6.36. The molecule has 1 rings (SSSR count). The van der Waals surface area contributed by atoms with Gasteiger partial charge in [0.25, 0.3) is 0 Å². The number of nitrogens with zero attached hydrogens (tertiary/aromatic N) is 1. The summed E-state index contributed by atoms with van der Waals surface area (Å²) in [7, 11) is 2.05. The normalized spacial score (nSPS) is 19.9. The number of piperidine rings is 1. The molecule has 0 aromatic rings. The van der Waals surface area contributed by atoms with E-state index in [4.69, 9.17) is 0 Å². The van der Waals surface area contributed by atoms with Gasteiger partial charge in [0, 0.05) is 13.1 Å². The topological polar surface area (TPSA) is 3.24 Å². The SMILES string of the molecule is CC.CC.CCC1(F)CCN(C)CC1. The summed E-state index contributed by atoms with van der Waals surface area (Å²) in [6.07, 6.45) is 2.13. The van der Waals surface area contributed by atoms with Gasteiger partial charge < -0.3 is 4.90 Å². The van der Waals surface area contributed by atoms with Crippen molar-refractivity contribution in [3.63, 3.8) is 0 Å². The zero-order valence-electron chi connectivity index (χ0n) is 10.9. The summed E-state index contributed by atoms with van der Waals surface area (Å²) in [5.74, 6) is 0. The number of likely N-dealkylation sites (tertiary alicyclic amines) is 1. The molecule has 0 N–H and O–H groups in total. The van der Waals surface area contributed by atoms with E-state index in [0.29, 0.717) is 6.42 Å². The van der Waals surface area contributed by atoms with Gasteiger partial charge in [-0.3, -0.25) is 0 Å². The van der Waals surface area contributed by atoms with E-state index in [9.17, 15) is 4.39 Å². The first-order valence-electron chi connectivity index (χ1n) is 6.04. The van der Waals surface area contributed by atoms with Gasteiger partial charge in [-0.2, -0.15) is 0 Å². The van der Waals surface area contributed by atoms with Crippen molar-refractivity contribution in [3.8, 4) is 0 Å². The Hall–Kier alpha value is -0.110. The molecule has 0 amide bonds. The van der Waals surface area contributed by atoms with E-state index in [-0.39, 0.29) is 0 Å². The molecule has 0 aromatic carbocycles. The van der Waals surface area contributed by atoms with Gasteiger partial charge in [-0.15, -0.1) is 0 Å². The van der Waals surface area contributed by atoms with Crippen LogP contribution in [0, 0.1) is 0 Å². The van der Waals surface area contributed by atoms with Crippen molar-refractivity contribution in [1.82, 2.24) is 4.90 Å². The fraction of sp³-hybridized carbons (Fsp3) is 1.00. The molecule has 0 aromatic heterocycles. The molecule has 1 heterocycles. The lowest BCUT2D eigenvalue weighted by Gasteiger charge is -2.33. The van der Waals surface area contributed by atoms with Gasteiger partial charge in [0.2, 0.25) is 0 Å². The molecule has 0 spiro atoms. The molecular formula is C12H28FN. The van der Waals surface area contributed by atoms with Gasteiger partial charge in [-0.1, -0.05) is 34.6 Å². The van der Waals surface area contributed by atoms with E-state index in [1.165, 1.54) is 0 Å². The van der Waals surface area contributed by atoms with E-state index < -0.39 is 5.67 Å². The first-order valence-corrected chi connectivity index (χ1v) is 6.04. The number of hydrogen-bond donors (Lipinski definition) is 0. The van der Waals surface area contributed by atoms with Gasteiger partial charge >= 0.3 is 0 Å². The summed E-state index contributed by atoms with van der Waals surface area (Å²) < 4.78 is 13.4. The molecular weight excluding hydrogens is 177 g/mol. The highest BCUT2D eigenvalue weighted by Gasteiger charge is 2.30.